The van der Waals surface area contributed by atoms with E-state index < -0.39 is 0 Å². The zero-order valence-corrected chi connectivity index (χ0v) is 21.1. The summed E-state index contributed by atoms with van der Waals surface area (Å²) in [7, 11) is 1.32. The molecule has 1 heterocycles. The first-order chi connectivity index (χ1) is 17.9. The first kappa shape index (κ1) is 25.6. The Morgan fingerprint density at radius 2 is 1.62 bits per heavy atom. The topological polar surface area (TPSA) is 106 Å². The highest BCUT2D eigenvalue weighted by Crippen LogP contribution is 2.29. The number of ether oxygens (including phenoxy) is 1. The molecule has 4 aromatic rings. The van der Waals surface area contributed by atoms with Gasteiger partial charge in [-0.2, -0.15) is 4.98 Å². The Hall–Kier alpha value is -4.46. The molecule has 0 bridgehead atoms. The minimum atomic E-state index is -0.359. The molecule has 2 N–H and O–H groups in total. The summed E-state index contributed by atoms with van der Waals surface area (Å²) in [4.78, 5) is 28.0. The molecule has 0 aliphatic rings. The van der Waals surface area contributed by atoms with Crippen LogP contribution in [0.5, 0.6) is 0 Å². The fourth-order valence-electron chi connectivity index (χ4n) is 3.89. The molecule has 0 aliphatic carbocycles. The van der Waals surface area contributed by atoms with Crippen molar-refractivity contribution in [1.29, 1.82) is 0 Å². The number of amides is 1. The maximum Gasteiger partial charge on any atom is 0.307 e. The number of carbonyl (C=O) groups excluding carboxylic acids is 2. The standard InChI is InChI=1S/C29H30N4O4/c1-19(2)26(31-24-15-13-22(14-16-24)28(35)30-18-17-25(34)36-3)20-9-11-21(12-10-20)27-32-29(37-33-27)23-7-5-4-6-8-23/h4-16,19,26,31H,17-18H2,1-3H3,(H,30,35). The number of hydrogen-bond donors (Lipinski definition) is 2. The summed E-state index contributed by atoms with van der Waals surface area (Å²) < 4.78 is 10.0. The molecule has 0 saturated heterocycles. The molecule has 1 atom stereocenters. The Bertz CT molecular complexity index is 1320. The van der Waals surface area contributed by atoms with Crippen LogP contribution in [0.2, 0.25) is 0 Å². The number of rotatable bonds is 10. The molecule has 0 spiro atoms. The Balaban J connectivity index is 1.41. The van der Waals surface area contributed by atoms with Crippen molar-refractivity contribution in [1.82, 2.24) is 15.5 Å². The number of anilines is 1. The van der Waals surface area contributed by atoms with Crippen molar-refractivity contribution in [3.8, 4) is 22.8 Å². The van der Waals surface area contributed by atoms with Gasteiger partial charge in [-0.05, 0) is 47.9 Å². The number of benzene rings is 3. The fraction of sp³-hybridized carbons (Fsp3) is 0.241. The van der Waals surface area contributed by atoms with Crippen molar-refractivity contribution >= 4 is 17.6 Å². The normalized spacial score (nSPS) is 11.7. The number of esters is 1. The van der Waals surface area contributed by atoms with Crippen LogP contribution in [-0.2, 0) is 9.53 Å². The van der Waals surface area contributed by atoms with Gasteiger partial charge in [0.25, 0.3) is 11.8 Å². The summed E-state index contributed by atoms with van der Waals surface area (Å²) in [5, 5.41) is 10.4. The van der Waals surface area contributed by atoms with Crippen LogP contribution in [0.3, 0.4) is 0 Å². The SMILES string of the molecule is COC(=O)CCNC(=O)c1ccc(NC(c2ccc(-c3noc(-c4ccccc4)n3)cc2)C(C)C)cc1. The lowest BCUT2D eigenvalue weighted by atomic mass is 9.94. The first-order valence-electron chi connectivity index (χ1n) is 12.2. The molecule has 1 aromatic heterocycles. The minimum Gasteiger partial charge on any atom is -0.469 e. The lowest BCUT2D eigenvalue weighted by molar-refractivity contribution is -0.140. The van der Waals surface area contributed by atoms with Crippen molar-refractivity contribution in [2.24, 2.45) is 5.92 Å². The van der Waals surface area contributed by atoms with E-state index >= 15 is 0 Å². The van der Waals surface area contributed by atoms with Gasteiger partial charge in [0.1, 0.15) is 0 Å². The van der Waals surface area contributed by atoms with Gasteiger partial charge in [-0.3, -0.25) is 9.59 Å². The molecule has 1 amide bonds. The summed E-state index contributed by atoms with van der Waals surface area (Å²) in [5.74, 6) is 0.745. The van der Waals surface area contributed by atoms with Crippen LogP contribution in [0, 0.1) is 5.92 Å². The summed E-state index contributed by atoms with van der Waals surface area (Å²) in [6, 6.07) is 25.1. The van der Waals surface area contributed by atoms with E-state index in [2.05, 4.69) is 51.5 Å². The Labute approximate surface area is 216 Å². The van der Waals surface area contributed by atoms with Gasteiger partial charge in [-0.25, -0.2) is 0 Å². The van der Waals surface area contributed by atoms with E-state index in [1.54, 1.807) is 12.1 Å². The molecule has 3 aromatic carbocycles. The fourth-order valence-corrected chi connectivity index (χ4v) is 3.89. The minimum absolute atomic E-state index is 0.0546. The highest BCUT2D eigenvalue weighted by molar-refractivity contribution is 5.94. The maximum atomic E-state index is 12.3. The van der Waals surface area contributed by atoms with Crippen molar-refractivity contribution in [2.45, 2.75) is 26.3 Å². The van der Waals surface area contributed by atoms with E-state index in [0.29, 0.717) is 23.2 Å². The highest BCUT2D eigenvalue weighted by Gasteiger charge is 2.17. The first-order valence-corrected chi connectivity index (χ1v) is 12.2. The van der Waals surface area contributed by atoms with E-state index in [1.807, 2.05) is 54.6 Å². The molecular weight excluding hydrogens is 468 g/mol. The monoisotopic (exact) mass is 498 g/mol. The average Bonchev–Trinajstić information content (AvgIpc) is 3.43. The van der Waals surface area contributed by atoms with E-state index in [4.69, 9.17) is 4.52 Å². The lowest BCUT2D eigenvalue weighted by Gasteiger charge is -2.24. The van der Waals surface area contributed by atoms with Crippen molar-refractivity contribution in [3.05, 3.63) is 90.0 Å². The largest absolute Gasteiger partial charge is 0.469 e. The molecule has 0 saturated carbocycles. The molecule has 190 valence electrons. The second-order valence-electron chi connectivity index (χ2n) is 8.94. The summed E-state index contributed by atoms with van der Waals surface area (Å²) in [5.41, 5.74) is 4.30. The molecule has 0 fully saturated rings. The van der Waals surface area contributed by atoms with Gasteiger partial charge < -0.3 is 19.9 Å². The third kappa shape index (κ3) is 6.61. The number of nitrogens with zero attached hydrogens (tertiary/aromatic N) is 2. The Morgan fingerprint density at radius 3 is 2.27 bits per heavy atom. The van der Waals surface area contributed by atoms with Gasteiger partial charge in [0.05, 0.1) is 19.6 Å². The molecule has 37 heavy (non-hydrogen) atoms. The molecule has 8 heteroatoms. The lowest BCUT2D eigenvalue weighted by Crippen LogP contribution is -2.26. The van der Waals surface area contributed by atoms with Crippen LogP contribution in [0.25, 0.3) is 22.8 Å². The van der Waals surface area contributed by atoms with Crippen LogP contribution in [0.15, 0.2) is 83.4 Å². The van der Waals surface area contributed by atoms with Gasteiger partial charge >= 0.3 is 5.97 Å². The van der Waals surface area contributed by atoms with Crippen molar-refractivity contribution < 1.29 is 18.8 Å². The zero-order valence-electron chi connectivity index (χ0n) is 21.1. The number of methoxy groups -OCH3 is 1. The smallest absolute Gasteiger partial charge is 0.307 e. The number of nitrogens with one attached hydrogen (secondary N) is 2. The molecule has 0 aliphatic heterocycles. The van der Waals surface area contributed by atoms with Gasteiger partial charge in [-0.1, -0.05) is 61.5 Å². The number of carbonyl (C=O) groups is 2. The molecule has 4 rings (SSSR count). The number of hydrogen-bond acceptors (Lipinski definition) is 7. The van der Waals surface area contributed by atoms with Gasteiger partial charge in [0.15, 0.2) is 0 Å². The van der Waals surface area contributed by atoms with Crippen LogP contribution < -0.4 is 10.6 Å². The maximum absolute atomic E-state index is 12.3. The third-order valence-corrected chi connectivity index (χ3v) is 5.95. The van der Waals surface area contributed by atoms with Gasteiger partial charge in [-0.15, -0.1) is 0 Å². The van der Waals surface area contributed by atoms with E-state index in [9.17, 15) is 9.59 Å². The average molecular weight is 499 g/mol. The Morgan fingerprint density at radius 1 is 0.919 bits per heavy atom. The number of aromatic nitrogens is 2. The van der Waals surface area contributed by atoms with Crippen LogP contribution in [0.1, 0.15) is 42.2 Å². The highest BCUT2D eigenvalue weighted by atomic mass is 16.5. The third-order valence-electron chi connectivity index (χ3n) is 5.95. The summed E-state index contributed by atoms with van der Waals surface area (Å²) in [6.45, 7) is 4.54. The predicted octanol–water partition coefficient (Wildman–Crippen LogP) is 5.51. The molecule has 1 unspecified atom stereocenters. The predicted molar refractivity (Wildman–Crippen MR) is 142 cm³/mol. The van der Waals surface area contributed by atoms with Crippen LogP contribution in [0.4, 0.5) is 5.69 Å². The quantitative estimate of drug-likeness (QED) is 0.278. The molecule has 0 radical (unpaired) electrons. The van der Waals surface area contributed by atoms with Crippen molar-refractivity contribution in [3.63, 3.8) is 0 Å². The van der Waals surface area contributed by atoms with Crippen LogP contribution >= 0.6 is 0 Å². The van der Waals surface area contributed by atoms with E-state index in [1.165, 1.54) is 7.11 Å². The Kier molecular flexibility index (Phi) is 8.30. The summed E-state index contributed by atoms with van der Waals surface area (Å²) in [6.07, 6.45) is 0.137. The van der Waals surface area contributed by atoms with Crippen LogP contribution in [-0.4, -0.2) is 35.7 Å². The molecular formula is C29H30N4O4. The molecule has 8 nitrogen and oxygen atoms in total. The zero-order chi connectivity index (χ0) is 26.2. The van der Waals surface area contributed by atoms with Gasteiger partial charge in [0, 0.05) is 28.9 Å². The van der Waals surface area contributed by atoms with E-state index in [0.717, 1.165) is 22.4 Å². The second-order valence-corrected chi connectivity index (χ2v) is 8.94. The van der Waals surface area contributed by atoms with Crippen molar-refractivity contribution in [2.75, 3.05) is 19.0 Å². The second kappa shape index (κ2) is 12.0. The summed E-state index contributed by atoms with van der Waals surface area (Å²) >= 11 is 0. The van der Waals surface area contributed by atoms with Gasteiger partial charge in [0.2, 0.25) is 5.82 Å². The van der Waals surface area contributed by atoms with E-state index in [-0.39, 0.29) is 30.9 Å².